The molecule has 3 heteroatoms. The Kier molecular flexibility index (Phi) is 3.70. The number of carbonyl (C=O) groups is 1. The first kappa shape index (κ1) is 12.7. The number of benzene rings is 1. The molecule has 0 bridgehead atoms. The fraction of sp³-hybridized carbons (Fsp3) is 0.400. The van der Waals surface area contributed by atoms with Crippen LogP contribution in [0.15, 0.2) is 30.5 Å². The molecule has 2 rings (SSSR count). The first-order valence-corrected chi connectivity index (χ1v) is 6.47. The van der Waals surface area contributed by atoms with E-state index in [1.165, 1.54) is 0 Å². The van der Waals surface area contributed by atoms with Gasteiger partial charge >= 0.3 is 5.97 Å². The number of hydrogen-bond donors (Lipinski definition) is 1. The Morgan fingerprint density at radius 1 is 1.28 bits per heavy atom. The molecule has 2 aromatic rings. The molecule has 1 aromatic carbocycles. The summed E-state index contributed by atoms with van der Waals surface area (Å²) in [5.41, 5.74) is 1.37. The molecule has 0 saturated heterocycles. The summed E-state index contributed by atoms with van der Waals surface area (Å²) in [5, 5.41) is 10.1. The predicted molar refractivity (Wildman–Crippen MR) is 73.0 cm³/mol. The van der Waals surface area contributed by atoms with E-state index < -0.39 is 5.97 Å². The van der Waals surface area contributed by atoms with Crippen molar-refractivity contribution in [3.05, 3.63) is 36.0 Å². The van der Waals surface area contributed by atoms with Gasteiger partial charge in [-0.2, -0.15) is 0 Å². The van der Waals surface area contributed by atoms with Crippen LogP contribution in [0.5, 0.6) is 0 Å². The Balaban J connectivity index is 2.39. The van der Waals surface area contributed by atoms with Crippen LogP contribution in [-0.2, 0) is 6.54 Å². The third kappa shape index (κ3) is 2.40. The molecule has 0 amide bonds. The zero-order chi connectivity index (χ0) is 13.1. The molecule has 3 nitrogen and oxygen atoms in total. The second-order valence-corrected chi connectivity index (χ2v) is 4.73. The molecule has 1 heterocycles. The molecule has 0 saturated carbocycles. The number of hydrogen-bond acceptors (Lipinski definition) is 1. The van der Waals surface area contributed by atoms with Crippen LogP contribution >= 0.6 is 0 Å². The molecule has 0 aliphatic heterocycles. The van der Waals surface area contributed by atoms with Gasteiger partial charge in [0.25, 0.3) is 0 Å². The first-order valence-electron chi connectivity index (χ1n) is 6.47. The molecule has 1 aromatic heterocycles. The van der Waals surface area contributed by atoms with Crippen molar-refractivity contribution in [1.82, 2.24) is 4.57 Å². The van der Waals surface area contributed by atoms with Gasteiger partial charge in [-0.15, -0.1) is 0 Å². The summed E-state index contributed by atoms with van der Waals surface area (Å²) in [7, 11) is 0. The molecule has 18 heavy (non-hydrogen) atoms. The molecule has 0 spiro atoms. The highest BCUT2D eigenvalue weighted by atomic mass is 16.4. The number of carboxylic acid groups (broad SMARTS) is 1. The van der Waals surface area contributed by atoms with Crippen molar-refractivity contribution in [2.75, 3.05) is 0 Å². The molecule has 0 radical (unpaired) electrons. The van der Waals surface area contributed by atoms with Gasteiger partial charge in [-0.1, -0.05) is 32.8 Å². The summed E-state index contributed by atoms with van der Waals surface area (Å²) < 4.78 is 2.17. The van der Waals surface area contributed by atoms with Crippen LogP contribution in [0.3, 0.4) is 0 Å². The number of aromatic carboxylic acids is 1. The van der Waals surface area contributed by atoms with Crippen LogP contribution in [-0.4, -0.2) is 15.6 Å². The molecule has 0 aliphatic rings. The summed E-state index contributed by atoms with van der Waals surface area (Å²) in [4.78, 5) is 11.0. The molecule has 0 aliphatic carbocycles. The molecule has 0 atom stereocenters. The lowest BCUT2D eigenvalue weighted by Gasteiger charge is -2.14. The average molecular weight is 245 g/mol. The lowest BCUT2D eigenvalue weighted by atomic mass is 10.0. The van der Waals surface area contributed by atoms with Crippen molar-refractivity contribution in [3.63, 3.8) is 0 Å². The van der Waals surface area contributed by atoms with Crippen LogP contribution in [0.4, 0.5) is 0 Å². The van der Waals surface area contributed by atoms with E-state index in [9.17, 15) is 4.79 Å². The Morgan fingerprint density at radius 2 is 2.00 bits per heavy atom. The van der Waals surface area contributed by atoms with Gasteiger partial charge in [0.1, 0.15) is 0 Å². The van der Waals surface area contributed by atoms with Gasteiger partial charge in [0.15, 0.2) is 0 Å². The van der Waals surface area contributed by atoms with Crippen molar-refractivity contribution < 1.29 is 9.90 Å². The molecule has 1 N–H and O–H groups in total. The predicted octanol–water partition coefficient (Wildman–Crippen LogP) is 3.78. The van der Waals surface area contributed by atoms with Gasteiger partial charge in [0.2, 0.25) is 0 Å². The molecule has 0 unspecified atom stereocenters. The van der Waals surface area contributed by atoms with Gasteiger partial charge in [-0.3, -0.25) is 0 Å². The van der Waals surface area contributed by atoms with Crippen LogP contribution in [0, 0.1) is 5.92 Å². The maximum atomic E-state index is 11.0. The van der Waals surface area contributed by atoms with Gasteiger partial charge in [-0.25, -0.2) is 4.79 Å². The normalized spacial score (nSPS) is 11.3. The fourth-order valence-electron chi connectivity index (χ4n) is 2.30. The van der Waals surface area contributed by atoms with E-state index in [1.807, 2.05) is 12.1 Å². The van der Waals surface area contributed by atoms with E-state index in [1.54, 1.807) is 12.1 Å². The Morgan fingerprint density at radius 3 is 2.61 bits per heavy atom. The van der Waals surface area contributed by atoms with E-state index in [4.69, 9.17) is 5.11 Å². The van der Waals surface area contributed by atoms with Gasteiger partial charge in [0.05, 0.1) is 5.56 Å². The SMILES string of the molecule is CCC(CC)Cn1ccc2ccc(C(=O)O)cc21. The van der Waals surface area contributed by atoms with Gasteiger partial charge in [0, 0.05) is 18.3 Å². The third-order valence-corrected chi connectivity index (χ3v) is 3.63. The largest absolute Gasteiger partial charge is 0.478 e. The standard InChI is InChI=1S/C15H19NO2/c1-3-11(4-2)10-16-8-7-12-5-6-13(15(17)18)9-14(12)16/h5-9,11H,3-4,10H2,1-2H3,(H,17,18). The third-order valence-electron chi connectivity index (χ3n) is 3.63. The van der Waals surface area contributed by atoms with E-state index >= 15 is 0 Å². The topological polar surface area (TPSA) is 42.2 Å². The van der Waals surface area contributed by atoms with Crippen molar-refractivity contribution in [2.24, 2.45) is 5.92 Å². The van der Waals surface area contributed by atoms with Crippen LogP contribution in [0.2, 0.25) is 0 Å². The highest BCUT2D eigenvalue weighted by Gasteiger charge is 2.09. The lowest BCUT2D eigenvalue weighted by molar-refractivity contribution is 0.0697. The Hall–Kier alpha value is -1.77. The zero-order valence-electron chi connectivity index (χ0n) is 10.9. The Labute approximate surface area is 107 Å². The van der Waals surface area contributed by atoms with Crippen LogP contribution in [0.25, 0.3) is 10.9 Å². The molecule has 96 valence electrons. The van der Waals surface area contributed by atoms with E-state index in [2.05, 4.69) is 24.6 Å². The first-order chi connectivity index (χ1) is 8.65. The van der Waals surface area contributed by atoms with Crippen molar-refractivity contribution in [2.45, 2.75) is 33.2 Å². The number of aromatic nitrogens is 1. The quantitative estimate of drug-likeness (QED) is 0.871. The average Bonchev–Trinajstić information content (AvgIpc) is 2.78. The minimum atomic E-state index is -0.868. The smallest absolute Gasteiger partial charge is 0.335 e. The summed E-state index contributed by atoms with van der Waals surface area (Å²) in [6.07, 6.45) is 4.35. The van der Waals surface area contributed by atoms with E-state index in [0.717, 1.165) is 30.3 Å². The second kappa shape index (κ2) is 5.25. The van der Waals surface area contributed by atoms with Gasteiger partial charge in [-0.05, 0) is 29.5 Å². The monoisotopic (exact) mass is 245 g/mol. The van der Waals surface area contributed by atoms with Crippen LogP contribution in [0.1, 0.15) is 37.0 Å². The van der Waals surface area contributed by atoms with E-state index in [-0.39, 0.29) is 0 Å². The number of rotatable bonds is 5. The van der Waals surface area contributed by atoms with Crippen LogP contribution < -0.4 is 0 Å². The molecular weight excluding hydrogens is 226 g/mol. The highest BCUT2D eigenvalue weighted by molar-refractivity contribution is 5.93. The highest BCUT2D eigenvalue weighted by Crippen LogP contribution is 2.21. The Bertz CT molecular complexity index is 553. The minimum Gasteiger partial charge on any atom is -0.478 e. The van der Waals surface area contributed by atoms with Crippen molar-refractivity contribution in [1.29, 1.82) is 0 Å². The number of fused-ring (bicyclic) bond motifs is 1. The lowest BCUT2D eigenvalue weighted by Crippen LogP contribution is -2.08. The molecule has 0 fully saturated rings. The summed E-state index contributed by atoms with van der Waals surface area (Å²) in [6, 6.07) is 7.34. The number of carboxylic acids is 1. The zero-order valence-corrected chi connectivity index (χ0v) is 10.9. The van der Waals surface area contributed by atoms with Gasteiger partial charge < -0.3 is 9.67 Å². The van der Waals surface area contributed by atoms with E-state index in [0.29, 0.717) is 11.5 Å². The summed E-state index contributed by atoms with van der Waals surface area (Å²) in [6.45, 7) is 5.35. The van der Waals surface area contributed by atoms with Crippen molar-refractivity contribution >= 4 is 16.9 Å². The minimum absolute atomic E-state index is 0.354. The molecular formula is C15H19NO2. The fourth-order valence-corrected chi connectivity index (χ4v) is 2.30. The second-order valence-electron chi connectivity index (χ2n) is 4.73. The maximum Gasteiger partial charge on any atom is 0.335 e. The summed E-state index contributed by atoms with van der Waals surface area (Å²) in [5.74, 6) is -0.221. The van der Waals surface area contributed by atoms with Crippen molar-refractivity contribution in [3.8, 4) is 0 Å². The maximum absolute atomic E-state index is 11.0. The summed E-state index contributed by atoms with van der Waals surface area (Å²) >= 11 is 0. The number of nitrogens with zero attached hydrogens (tertiary/aromatic N) is 1.